The van der Waals surface area contributed by atoms with E-state index in [2.05, 4.69) is 54.0 Å². The highest BCUT2D eigenvalue weighted by Gasteiger charge is 2.21. The van der Waals surface area contributed by atoms with Crippen LogP contribution in [0.3, 0.4) is 0 Å². The lowest BCUT2D eigenvalue weighted by molar-refractivity contribution is -0.111. The zero-order valence-corrected chi connectivity index (χ0v) is 20.2. The minimum absolute atomic E-state index is 0.295. The molecule has 1 saturated heterocycles. The zero-order chi connectivity index (χ0) is 25.1. The molecular weight excluding hydrogens is 458 g/mol. The summed E-state index contributed by atoms with van der Waals surface area (Å²) >= 11 is 0. The lowest BCUT2D eigenvalue weighted by Gasteiger charge is -2.35. The molecule has 0 saturated carbocycles. The number of benzene rings is 1. The number of carbonyl (C=O) groups excluding carboxylic acids is 1. The SMILES string of the molecule is C=CC(=O)Nc1cc(Nc2ncnc(-n3ccc4cccnc43)n2)c(OC)cc1N1CCN(C)CC1. The second-order valence-electron chi connectivity index (χ2n) is 8.39. The maximum Gasteiger partial charge on any atom is 0.247 e. The van der Waals surface area contributed by atoms with Gasteiger partial charge in [0.05, 0.1) is 24.2 Å². The summed E-state index contributed by atoms with van der Waals surface area (Å²) in [5, 5.41) is 7.13. The second-order valence-corrected chi connectivity index (χ2v) is 8.39. The Hall–Kier alpha value is -4.51. The van der Waals surface area contributed by atoms with Crippen LogP contribution in [0.2, 0.25) is 0 Å². The minimum Gasteiger partial charge on any atom is -0.494 e. The van der Waals surface area contributed by atoms with E-state index in [-0.39, 0.29) is 5.91 Å². The number of fused-ring (bicyclic) bond motifs is 1. The Morgan fingerprint density at radius 2 is 1.94 bits per heavy atom. The molecule has 1 amide bonds. The van der Waals surface area contributed by atoms with Gasteiger partial charge in [-0.15, -0.1) is 0 Å². The van der Waals surface area contributed by atoms with Crippen LogP contribution in [-0.4, -0.2) is 75.6 Å². The number of ether oxygens (including phenoxy) is 1. The third kappa shape index (κ3) is 4.68. The number of carbonyl (C=O) groups is 1. The van der Waals surface area contributed by atoms with Crippen LogP contribution in [-0.2, 0) is 4.79 Å². The van der Waals surface area contributed by atoms with Gasteiger partial charge in [-0.2, -0.15) is 4.98 Å². The molecule has 4 heterocycles. The number of hydrogen-bond donors (Lipinski definition) is 2. The Morgan fingerprint density at radius 3 is 2.72 bits per heavy atom. The quantitative estimate of drug-likeness (QED) is 0.382. The van der Waals surface area contributed by atoms with Crippen LogP contribution in [0.5, 0.6) is 5.75 Å². The van der Waals surface area contributed by atoms with Crippen molar-refractivity contribution in [3.8, 4) is 11.7 Å². The average molecular weight is 486 g/mol. The van der Waals surface area contributed by atoms with Crippen molar-refractivity contribution < 1.29 is 9.53 Å². The number of hydrogen-bond acceptors (Lipinski definition) is 9. The number of pyridine rings is 1. The van der Waals surface area contributed by atoms with E-state index in [0.717, 1.165) is 42.9 Å². The van der Waals surface area contributed by atoms with Crippen molar-refractivity contribution in [1.82, 2.24) is 29.4 Å². The van der Waals surface area contributed by atoms with Crippen molar-refractivity contribution in [1.29, 1.82) is 0 Å². The van der Waals surface area contributed by atoms with Gasteiger partial charge < -0.3 is 25.2 Å². The fourth-order valence-corrected chi connectivity index (χ4v) is 4.14. The first-order chi connectivity index (χ1) is 17.6. The number of likely N-dealkylation sites (N-methyl/N-ethyl adjacent to an activating group) is 1. The molecule has 0 atom stereocenters. The highest BCUT2D eigenvalue weighted by atomic mass is 16.5. The Labute approximate surface area is 208 Å². The van der Waals surface area contributed by atoms with Crippen molar-refractivity contribution in [2.75, 3.05) is 55.9 Å². The first-order valence-corrected chi connectivity index (χ1v) is 11.5. The predicted molar refractivity (Wildman–Crippen MR) is 139 cm³/mol. The number of anilines is 4. The van der Waals surface area contributed by atoms with Crippen molar-refractivity contribution in [2.45, 2.75) is 0 Å². The van der Waals surface area contributed by atoms with E-state index >= 15 is 0 Å². The normalized spacial score (nSPS) is 14.0. The topological polar surface area (TPSA) is 113 Å². The van der Waals surface area contributed by atoms with E-state index < -0.39 is 0 Å². The smallest absolute Gasteiger partial charge is 0.247 e. The van der Waals surface area contributed by atoms with Crippen LogP contribution in [0, 0.1) is 0 Å². The maximum absolute atomic E-state index is 12.2. The van der Waals surface area contributed by atoms with Gasteiger partial charge in [-0.05, 0) is 37.4 Å². The van der Waals surface area contributed by atoms with Crippen LogP contribution in [0.1, 0.15) is 0 Å². The van der Waals surface area contributed by atoms with Gasteiger partial charge in [-0.3, -0.25) is 9.36 Å². The molecule has 0 bridgehead atoms. The number of piperazine rings is 1. The molecule has 11 heteroatoms. The summed E-state index contributed by atoms with van der Waals surface area (Å²) in [6.45, 7) is 7.09. The van der Waals surface area contributed by atoms with Gasteiger partial charge in [0.15, 0.2) is 0 Å². The van der Waals surface area contributed by atoms with Crippen molar-refractivity contribution in [3.05, 3.63) is 61.7 Å². The summed E-state index contributed by atoms with van der Waals surface area (Å²) in [5.74, 6) is 1.05. The molecule has 0 aliphatic carbocycles. The molecule has 36 heavy (non-hydrogen) atoms. The van der Waals surface area contributed by atoms with Gasteiger partial charge in [0.25, 0.3) is 0 Å². The van der Waals surface area contributed by atoms with E-state index in [1.54, 1.807) is 17.9 Å². The third-order valence-corrected chi connectivity index (χ3v) is 6.07. The molecular formula is C25H27N9O2. The molecule has 1 aliphatic heterocycles. The summed E-state index contributed by atoms with van der Waals surface area (Å²) in [6, 6.07) is 9.55. The summed E-state index contributed by atoms with van der Waals surface area (Å²) in [7, 11) is 3.70. The predicted octanol–water partition coefficient (Wildman–Crippen LogP) is 2.84. The first kappa shape index (κ1) is 23.2. The fraction of sp³-hybridized carbons (Fsp3) is 0.240. The largest absolute Gasteiger partial charge is 0.494 e. The van der Waals surface area contributed by atoms with Crippen molar-refractivity contribution in [3.63, 3.8) is 0 Å². The Balaban J connectivity index is 1.50. The number of methoxy groups -OCH3 is 1. The molecule has 1 fully saturated rings. The summed E-state index contributed by atoms with van der Waals surface area (Å²) < 4.78 is 7.50. The molecule has 4 aromatic rings. The molecule has 3 aromatic heterocycles. The maximum atomic E-state index is 12.2. The third-order valence-electron chi connectivity index (χ3n) is 6.07. The monoisotopic (exact) mass is 485 g/mol. The van der Waals surface area contributed by atoms with Crippen LogP contribution in [0.4, 0.5) is 23.0 Å². The lowest BCUT2D eigenvalue weighted by atomic mass is 10.1. The van der Waals surface area contributed by atoms with Gasteiger partial charge in [0, 0.05) is 50.0 Å². The molecule has 184 valence electrons. The van der Waals surface area contributed by atoms with Crippen LogP contribution >= 0.6 is 0 Å². The Bertz CT molecular complexity index is 1410. The highest BCUT2D eigenvalue weighted by molar-refractivity contribution is 6.02. The van der Waals surface area contributed by atoms with Gasteiger partial charge in [-0.25, -0.2) is 15.0 Å². The van der Waals surface area contributed by atoms with E-state index in [4.69, 9.17) is 4.74 Å². The van der Waals surface area contributed by atoms with E-state index in [1.807, 2.05) is 36.5 Å². The van der Waals surface area contributed by atoms with Gasteiger partial charge in [-0.1, -0.05) is 6.58 Å². The molecule has 1 aliphatic rings. The molecule has 11 nitrogen and oxygen atoms in total. The molecule has 0 radical (unpaired) electrons. The Kier molecular flexibility index (Phi) is 6.46. The Morgan fingerprint density at radius 1 is 1.11 bits per heavy atom. The average Bonchev–Trinajstić information content (AvgIpc) is 3.34. The number of rotatable bonds is 7. The molecule has 2 N–H and O–H groups in total. The fourth-order valence-electron chi connectivity index (χ4n) is 4.14. The van der Waals surface area contributed by atoms with Crippen LogP contribution < -0.4 is 20.3 Å². The summed E-state index contributed by atoms with van der Waals surface area (Å²) in [4.78, 5) is 34.3. The van der Waals surface area contributed by atoms with E-state index in [1.165, 1.54) is 12.4 Å². The van der Waals surface area contributed by atoms with Crippen LogP contribution in [0.15, 0.2) is 61.7 Å². The number of nitrogens with one attached hydrogen (secondary N) is 2. The van der Waals surface area contributed by atoms with E-state index in [0.29, 0.717) is 29.0 Å². The van der Waals surface area contributed by atoms with E-state index in [9.17, 15) is 4.79 Å². The highest BCUT2D eigenvalue weighted by Crippen LogP contribution is 2.38. The standard InChI is InChI=1S/C25H27N9O2/c1-4-22(35)29-18-14-19(21(36-3)15-20(18)33-12-10-32(2)11-13-33)30-24-27-16-28-25(31-24)34-9-7-17-6-5-8-26-23(17)34/h4-9,14-16H,1,10-13H2,2-3H3,(H,29,35)(H,27,28,30,31). The molecule has 0 unspecified atom stereocenters. The second kappa shape index (κ2) is 10.0. The first-order valence-electron chi connectivity index (χ1n) is 11.5. The van der Waals surface area contributed by atoms with Gasteiger partial charge in [0.1, 0.15) is 17.7 Å². The van der Waals surface area contributed by atoms with Gasteiger partial charge in [0.2, 0.25) is 17.8 Å². The number of aromatic nitrogens is 5. The molecule has 0 spiro atoms. The lowest BCUT2D eigenvalue weighted by Crippen LogP contribution is -2.44. The number of nitrogens with zero attached hydrogens (tertiary/aromatic N) is 7. The van der Waals surface area contributed by atoms with Crippen LogP contribution in [0.25, 0.3) is 17.0 Å². The van der Waals surface area contributed by atoms with Crippen molar-refractivity contribution in [2.24, 2.45) is 0 Å². The number of amides is 1. The minimum atomic E-state index is -0.295. The van der Waals surface area contributed by atoms with Gasteiger partial charge >= 0.3 is 0 Å². The molecule has 1 aromatic carbocycles. The molecule has 5 rings (SSSR count). The summed E-state index contributed by atoms with van der Waals surface area (Å²) in [5.41, 5.74) is 2.87. The van der Waals surface area contributed by atoms with Crippen molar-refractivity contribution >= 4 is 40.0 Å². The zero-order valence-electron chi connectivity index (χ0n) is 20.2. The summed E-state index contributed by atoms with van der Waals surface area (Å²) in [6.07, 6.45) is 6.28.